The molecular weight excluding hydrogens is 524 g/mol. The zero-order valence-corrected chi connectivity index (χ0v) is 24.7. The van der Waals surface area contributed by atoms with Crippen LogP contribution in [0, 0.1) is 0 Å². The number of fused-ring (bicyclic) bond motifs is 3. The van der Waals surface area contributed by atoms with Gasteiger partial charge in [0.15, 0.2) is 0 Å². The van der Waals surface area contributed by atoms with Gasteiger partial charge in [-0.1, -0.05) is 106 Å². The molecule has 0 radical (unpaired) electrons. The molecule has 7 rings (SSSR count). The molecule has 1 heterocycles. The van der Waals surface area contributed by atoms with Crippen molar-refractivity contribution in [1.29, 1.82) is 0 Å². The lowest BCUT2D eigenvalue weighted by molar-refractivity contribution is 0.590. The summed E-state index contributed by atoms with van der Waals surface area (Å²) in [6, 6.07) is 51.3. The molecule has 43 heavy (non-hydrogen) atoms. The van der Waals surface area contributed by atoms with Gasteiger partial charge in [0, 0.05) is 39.1 Å². The highest BCUT2D eigenvalue weighted by molar-refractivity contribution is 6.06. The third-order valence-electron chi connectivity index (χ3n) is 7.99. The highest BCUT2D eigenvalue weighted by atomic mass is 16.3. The average molecular weight is 559 g/mol. The summed E-state index contributed by atoms with van der Waals surface area (Å²) >= 11 is 0. The minimum Gasteiger partial charge on any atom is -0.456 e. The van der Waals surface area contributed by atoms with Crippen molar-refractivity contribution in [3.05, 3.63) is 151 Å². The van der Waals surface area contributed by atoms with E-state index in [1.165, 1.54) is 16.7 Å². The van der Waals surface area contributed by atoms with Crippen molar-refractivity contribution in [3.63, 3.8) is 0 Å². The third-order valence-corrected chi connectivity index (χ3v) is 7.99. The van der Waals surface area contributed by atoms with Gasteiger partial charge in [0.1, 0.15) is 11.2 Å². The number of benzene rings is 6. The van der Waals surface area contributed by atoms with Crippen molar-refractivity contribution in [3.8, 4) is 11.1 Å². The molecule has 0 aliphatic carbocycles. The van der Waals surface area contributed by atoms with Crippen molar-refractivity contribution in [2.75, 3.05) is 10.2 Å². The number of nitrogens with one attached hydrogen (secondary N) is 1. The van der Waals surface area contributed by atoms with Gasteiger partial charge in [-0.25, -0.2) is 0 Å². The maximum Gasteiger partial charge on any atom is 0.135 e. The molecule has 0 saturated carbocycles. The zero-order valence-electron chi connectivity index (χ0n) is 24.7. The second kappa shape index (κ2) is 10.8. The summed E-state index contributed by atoms with van der Waals surface area (Å²) in [5.74, 6) is 0. The Bertz CT molecular complexity index is 2030. The summed E-state index contributed by atoms with van der Waals surface area (Å²) in [5.41, 5.74) is 10.9. The van der Waals surface area contributed by atoms with Gasteiger partial charge in [0.2, 0.25) is 0 Å². The Morgan fingerprint density at radius 2 is 1.23 bits per heavy atom. The van der Waals surface area contributed by atoms with Crippen LogP contribution in [0.4, 0.5) is 28.4 Å². The van der Waals surface area contributed by atoms with E-state index in [4.69, 9.17) is 4.42 Å². The first-order valence-corrected chi connectivity index (χ1v) is 14.8. The van der Waals surface area contributed by atoms with Crippen LogP contribution in [0.3, 0.4) is 0 Å². The maximum atomic E-state index is 6.05. The topological polar surface area (TPSA) is 28.4 Å². The minimum atomic E-state index is 0.0799. The SMILES string of the molecule is CC(C)(C)c1ccc(N(c2cccc(Nc3ccc4oc5ccccc5c4c3)c2)c2ccccc2-c2ccccc2)cc1. The van der Waals surface area contributed by atoms with Crippen LogP contribution in [0.15, 0.2) is 150 Å². The van der Waals surface area contributed by atoms with E-state index in [0.717, 1.165) is 50.4 Å². The molecule has 0 atom stereocenters. The van der Waals surface area contributed by atoms with E-state index in [1.807, 2.05) is 18.2 Å². The van der Waals surface area contributed by atoms with Crippen LogP contribution in [-0.2, 0) is 5.41 Å². The number of furan rings is 1. The summed E-state index contributed by atoms with van der Waals surface area (Å²) in [5, 5.41) is 5.88. The molecule has 0 bridgehead atoms. The van der Waals surface area contributed by atoms with Gasteiger partial charge >= 0.3 is 0 Å². The Hall–Kier alpha value is -5.28. The van der Waals surface area contributed by atoms with Crippen LogP contribution >= 0.6 is 0 Å². The summed E-state index contributed by atoms with van der Waals surface area (Å²) in [4.78, 5) is 2.35. The summed E-state index contributed by atoms with van der Waals surface area (Å²) in [6.07, 6.45) is 0. The average Bonchev–Trinajstić information content (AvgIpc) is 3.40. The lowest BCUT2D eigenvalue weighted by Crippen LogP contribution is -2.14. The van der Waals surface area contributed by atoms with E-state index in [9.17, 15) is 0 Å². The van der Waals surface area contributed by atoms with Crippen LogP contribution in [0.25, 0.3) is 33.1 Å². The van der Waals surface area contributed by atoms with E-state index < -0.39 is 0 Å². The molecule has 0 spiro atoms. The summed E-state index contributed by atoms with van der Waals surface area (Å²) < 4.78 is 6.05. The Labute approximate surface area is 253 Å². The monoisotopic (exact) mass is 558 g/mol. The molecule has 0 amide bonds. The number of para-hydroxylation sites is 2. The Balaban J connectivity index is 1.32. The van der Waals surface area contributed by atoms with Crippen molar-refractivity contribution in [2.24, 2.45) is 0 Å². The van der Waals surface area contributed by atoms with Crippen molar-refractivity contribution in [1.82, 2.24) is 0 Å². The van der Waals surface area contributed by atoms with Gasteiger partial charge in [-0.05, 0) is 77.2 Å². The van der Waals surface area contributed by atoms with E-state index in [0.29, 0.717) is 0 Å². The van der Waals surface area contributed by atoms with E-state index in [2.05, 4.69) is 158 Å². The second-order valence-corrected chi connectivity index (χ2v) is 12.0. The van der Waals surface area contributed by atoms with Gasteiger partial charge in [0.05, 0.1) is 5.69 Å². The fraction of sp³-hybridized carbons (Fsp3) is 0.100. The predicted molar refractivity (Wildman–Crippen MR) is 182 cm³/mol. The first-order valence-electron chi connectivity index (χ1n) is 14.8. The normalized spacial score (nSPS) is 11.6. The first-order chi connectivity index (χ1) is 20.9. The molecule has 7 aromatic rings. The summed E-state index contributed by atoms with van der Waals surface area (Å²) in [7, 11) is 0. The number of hydrogen-bond acceptors (Lipinski definition) is 3. The molecule has 0 aliphatic heterocycles. The molecule has 3 heteroatoms. The number of anilines is 5. The molecule has 0 aliphatic rings. The molecule has 6 aromatic carbocycles. The molecule has 3 nitrogen and oxygen atoms in total. The lowest BCUT2D eigenvalue weighted by Gasteiger charge is -2.29. The molecule has 1 N–H and O–H groups in total. The van der Waals surface area contributed by atoms with Gasteiger partial charge in [0.25, 0.3) is 0 Å². The van der Waals surface area contributed by atoms with Gasteiger partial charge in [-0.2, -0.15) is 0 Å². The molecular formula is C40H34N2O. The van der Waals surface area contributed by atoms with Crippen molar-refractivity contribution in [2.45, 2.75) is 26.2 Å². The van der Waals surface area contributed by atoms with Crippen molar-refractivity contribution >= 4 is 50.4 Å². The van der Waals surface area contributed by atoms with E-state index >= 15 is 0 Å². The Morgan fingerprint density at radius 1 is 0.535 bits per heavy atom. The number of rotatable bonds is 6. The van der Waals surface area contributed by atoms with E-state index in [-0.39, 0.29) is 5.41 Å². The number of nitrogens with zero attached hydrogens (tertiary/aromatic N) is 1. The smallest absolute Gasteiger partial charge is 0.135 e. The second-order valence-electron chi connectivity index (χ2n) is 12.0. The van der Waals surface area contributed by atoms with Crippen LogP contribution in [0.5, 0.6) is 0 Å². The van der Waals surface area contributed by atoms with Crippen LogP contribution in [0.1, 0.15) is 26.3 Å². The molecule has 0 fully saturated rings. The largest absolute Gasteiger partial charge is 0.456 e. The molecule has 1 aromatic heterocycles. The minimum absolute atomic E-state index is 0.0799. The van der Waals surface area contributed by atoms with Gasteiger partial charge in [-0.15, -0.1) is 0 Å². The van der Waals surface area contributed by atoms with Crippen LogP contribution in [0.2, 0.25) is 0 Å². The highest BCUT2D eigenvalue weighted by Gasteiger charge is 2.19. The zero-order chi connectivity index (χ0) is 29.4. The van der Waals surface area contributed by atoms with Crippen LogP contribution in [-0.4, -0.2) is 0 Å². The standard InChI is InChI=1S/C40H34N2O/c1-40(2,3)29-20-23-32(24-21-29)42(37-18-9-7-16-34(37)28-12-5-4-6-13-28)33-15-11-14-30(26-33)41-31-22-25-39-36(27-31)35-17-8-10-19-38(35)43-39/h4-27,41H,1-3H3. The fourth-order valence-corrected chi connectivity index (χ4v) is 5.76. The Kier molecular flexibility index (Phi) is 6.71. The molecule has 0 unspecified atom stereocenters. The molecule has 0 saturated heterocycles. The predicted octanol–water partition coefficient (Wildman–Crippen LogP) is 11.8. The van der Waals surface area contributed by atoms with Gasteiger partial charge < -0.3 is 14.6 Å². The third kappa shape index (κ3) is 5.26. The number of hydrogen-bond donors (Lipinski definition) is 1. The quantitative estimate of drug-likeness (QED) is 0.220. The van der Waals surface area contributed by atoms with E-state index in [1.54, 1.807) is 0 Å². The lowest BCUT2D eigenvalue weighted by atomic mass is 9.87. The van der Waals surface area contributed by atoms with Crippen LogP contribution < -0.4 is 10.2 Å². The first kappa shape index (κ1) is 26.6. The highest BCUT2D eigenvalue weighted by Crippen LogP contribution is 2.42. The fourth-order valence-electron chi connectivity index (χ4n) is 5.76. The van der Waals surface area contributed by atoms with Gasteiger partial charge in [-0.3, -0.25) is 0 Å². The Morgan fingerprint density at radius 3 is 2.05 bits per heavy atom. The molecule has 210 valence electrons. The maximum absolute atomic E-state index is 6.05. The van der Waals surface area contributed by atoms with Crippen molar-refractivity contribution < 1.29 is 4.42 Å². The summed E-state index contributed by atoms with van der Waals surface area (Å²) in [6.45, 7) is 6.76.